The van der Waals surface area contributed by atoms with Crippen molar-refractivity contribution in [3.05, 3.63) is 65.5 Å². The molecule has 0 fully saturated rings. The van der Waals surface area contributed by atoms with Gasteiger partial charge in [-0.2, -0.15) is 0 Å². The summed E-state index contributed by atoms with van der Waals surface area (Å²) >= 11 is 1.26. The molecule has 1 aromatic heterocycles. The Morgan fingerprint density at radius 3 is 2.56 bits per heavy atom. The molecular formula is C20H18FN3O2S. The standard InChI is InChI=1S/C20H18FN3O2S/c1-2-3-12-24(19(26)16-6-4-5-7-17(16)21)20-23-22-18(27-20)15-10-8-14(13-25)9-11-15/h4-11,13H,2-3,12H2,1H3. The molecule has 0 spiro atoms. The van der Waals surface area contributed by atoms with Gasteiger partial charge in [0.1, 0.15) is 17.1 Å². The van der Waals surface area contributed by atoms with E-state index in [1.165, 1.54) is 28.4 Å². The van der Waals surface area contributed by atoms with E-state index in [1.54, 1.807) is 36.4 Å². The lowest BCUT2D eigenvalue weighted by molar-refractivity contribution is 0.0982. The summed E-state index contributed by atoms with van der Waals surface area (Å²) in [5.41, 5.74) is 1.39. The number of nitrogens with zero attached hydrogens (tertiary/aromatic N) is 3. The fourth-order valence-corrected chi connectivity index (χ4v) is 3.40. The van der Waals surface area contributed by atoms with Gasteiger partial charge in [-0.1, -0.05) is 61.1 Å². The summed E-state index contributed by atoms with van der Waals surface area (Å²) in [5, 5.41) is 9.36. The molecule has 1 heterocycles. The van der Waals surface area contributed by atoms with E-state index in [9.17, 15) is 14.0 Å². The van der Waals surface area contributed by atoms with Crippen LogP contribution in [-0.4, -0.2) is 28.9 Å². The maximum atomic E-state index is 14.1. The van der Waals surface area contributed by atoms with Gasteiger partial charge in [-0.3, -0.25) is 14.5 Å². The lowest BCUT2D eigenvalue weighted by atomic mass is 10.2. The second-order valence-electron chi connectivity index (χ2n) is 5.92. The minimum Gasteiger partial charge on any atom is -0.298 e. The van der Waals surface area contributed by atoms with Gasteiger partial charge in [-0.05, 0) is 18.6 Å². The number of aromatic nitrogens is 2. The molecule has 138 valence electrons. The zero-order valence-electron chi connectivity index (χ0n) is 14.8. The van der Waals surface area contributed by atoms with E-state index in [0.29, 0.717) is 22.2 Å². The number of carbonyl (C=O) groups is 2. The fraction of sp³-hybridized carbons (Fsp3) is 0.200. The molecule has 0 aliphatic heterocycles. The third-order valence-corrected chi connectivity index (χ3v) is 5.02. The topological polar surface area (TPSA) is 63.2 Å². The molecule has 0 atom stereocenters. The molecule has 27 heavy (non-hydrogen) atoms. The quantitative estimate of drug-likeness (QED) is 0.559. The molecule has 1 amide bonds. The first-order chi connectivity index (χ1) is 13.1. The third-order valence-electron chi connectivity index (χ3n) is 4.02. The van der Waals surface area contributed by atoms with E-state index in [2.05, 4.69) is 10.2 Å². The molecule has 0 aliphatic rings. The lowest BCUT2D eigenvalue weighted by Gasteiger charge is -2.19. The summed E-state index contributed by atoms with van der Waals surface area (Å²) in [6.07, 6.45) is 2.43. The Morgan fingerprint density at radius 1 is 1.15 bits per heavy atom. The maximum absolute atomic E-state index is 14.1. The van der Waals surface area contributed by atoms with Crippen molar-refractivity contribution in [3.8, 4) is 10.6 Å². The van der Waals surface area contributed by atoms with Crippen molar-refractivity contribution in [2.75, 3.05) is 11.4 Å². The summed E-state index contributed by atoms with van der Waals surface area (Å²) in [5.74, 6) is -0.987. The zero-order chi connectivity index (χ0) is 19.2. The summed E-state index contributed by atoms with van der Waals surface area (Å²) in [6, 6.07) is 12.9. The lowest BCUT2D eigenvalue weighted by Crippen LogP contribution is -2.32. The Morgan fingerprint density at radius 2 is 1.89 bits per heavy atom. The first-order valence-corrected chi connectivity index (χ1v) is 9.41. The summed E-state index contributed by atoms with van der Waals surface area (Å²) in [4.78, 5) is 25.1. The van der Waals surface area contributed by atoms with Gasteiger partial charge in [0.05, 0.1) is 5.56 Å². The van der Waals surface area contributed by atoms with Gasteiger partial charge in [0.15, 0.2) is 0 Å². The Balaban J connectivity index is 1.91. The first kappa shape index (κ1) is 18.8. The summed E-state index contributed by atoms with van der Waals surface area (Å²) in [7, 11) is 0. The Hall–Kier alpha value is -2.93. The minimum atomic E-state index is -0.557. The van der Waals surface area contributed by atoms with Gasteiger partial charge in [-0.15, -0.1) is 10.2 Å². The van der Waals surface area contributed by atoms with Gasteiger partial charge in [0.25, 0.3) is 5.91 Å². The molecule has 0 saturated carbocycles. The number of aldehydes is 1. The molecule has 0 saturated heterocycles. The minimum absolute atomic E-state index is 0.0145. The Bertz CT molecular complexity index is 940. The fourth-order valence-electron chi connectivity index (χ4n) is 2.53. The number of carbonyl (C=O) groups excluding carboxylic acids is 2. The molecular weight excluding hydrogens is 365 g/mol. The second kappa shape index (κ2) is 8.64. The van der Waals surface area contributed by atoms with Crippen LogP contribution in [0.4, 0.5) is 9.52 Å². The van der Waals surface area contributed by atoms with Crippen LogP contribution in [-0.2, 0) is 0 Å². The van der Waals surface area contributed by atoms with Gasteiger partial charge in [0.2, 0.25) is 5.13 Å². The summed E-state index contributed by atoms with van der Waals surface area (Å²) < 4.78 is 14.1. The monoisotopic (exact) mass is 383 g/mol. The van der Waals surface area contributed by atoms with Crippen LogP contribution in [0.1, 0.15) is 40.5 Å². The molecule has 0 N–H and O–H groups in total. The number of rotatable bonds is 7. The average Bonchev–Trinajstić information content (AvgIpc) is 3.18. The van der Waals surface area contributed by atoms with Gasteiger partial charge in [0, 0.05) is 17.7 Å². The van der Waals surface area contributed by atoms with Crippen molar-refractivity contribution in [3.63, 3.8) is 0 Å². The van der Waals surface area contributed by atoms with Crippen LogP contribution in [0.15, 0.2) is 48.5 Å². The average molecular weight is 383 g/mol. The van der Waals surface area contributed by atoms with Crippen LogP contribution in [0.25, 0.3) is 10.6 Å². The predicted octanol–water partition coefficient (Wildman–Crippen LogP) is 4.60. The number of hydrogen-bond acceptors (Lipinski definition) is 5. The van der Waals surface area contributed by atoms with Crippen LogP contribution < -0.4 is 4.90 Å². The van der Waals surface area contributed by atoms with Crippen molar-refractivity contribution in [1.29, 1.82) is 0 Å². The van der Waals surface area contributed by atoms with Crippen molar-refractivity contribution in [2.24, 2.45) is 0 Å². The SMILES string of the molecule is CCCCN(C(=O)c1ccccc1F)c1nnc(-c2ccc(C=O)cc2)s1. The Labute approximate surface area is 160 Å². The zero-order valence-corrected chi connectivity index (χ0v) is 15.6. The van der Waals surface area contributed by atoms with E-state index in [4.69, 9.17) is 0 Å². The number of anilines is 1. The van der Waals surface area contributed by atoms with E-state index < -0.39 is 11.7 Å². The highest BCUT2D eigenvalue weighted by molar-refractivity contribution is 7.18. The Kier molecular flexibility index (Phi) is 6.03. The van der Waals surface area contributed by atoms with Gasteiger partial charge >= 0.3 is 0 Å². The van der Waals surface area contributed by atoms with E-state index >= 15 is 0 Å². The third kappa shape index (κ3) is 4.25. The summed E-state index contributed by atoms with van der Waals surface area (Å²) in [6.45, 7) is 2.45. The molecule has 0 bridgehead atoms. The highest BCUT2D eigenvalue weighted by atomic mass is 32.1. The van der Waals surface area contributed by atoms with Crippen LogP contribution >= 0.6 is 11.3 Å². The smallest absolute Gasteiger partial charge is 0.263 e. The number of hydrogen-bond donors (Lipinski definition) is 0. The van der Waals surface area contributed by atoms with Crippen molar-refractivity contribution in [1.82, 2.24) is 10.2 Å². The van der Waals surface area contributed by atoms with E-state index in [1.807, 2.05) is 6.92 Å². The van der Waals surface area contributed by atoms with Gasteiger partial charge in [-0.25, -0.2) is 4.39 Å². The second-order valence-corrected chi connectivity index (χ2v) is 6.88. The first-order valence-electron chi connectivity index (χ1n) is 8.59. The molecule has 0 aliphatic carbocycles. The van der Waals surface area contributed by atoms with Crippen molar-refractivity contribution < 1.29 is 14.0 Å². The number of amides is 1. The van der Waals surface area contributed by atoms with E-state index in [-0.39, 0.29) is 5.56 Å². The number of halogens is 1. The predicted molar refractivity (Wildman–Crippen MR) is 104 cm³/mol. The molecule has 3 aromatic rings. The molecule has 2 aromatic carbocycles. The molecule has 0 radical (unpaired) electrons. The van der Waals surface area contributed by atoms with Crippen LogP contribution in [0.2, 0.25) is 0 Å². The van der Waals surface area contributed by atoms with Crippen LogP contribution in [0.3, 0.4) is 0 Å². The van der Waals surface area contributed by atoms with Crippen LogP contribution in [0, 0.1) is 5.82 Å². The van der Waals surface area contributed by atoms with E-state index in [0.717, 1.165) is 24.7 Å². The molecule has 0 unspecified atom stereocenters. The highest BCUT2D eigenvalue weighted by Gasteiger charge is 2.23. The van der Waals surface area contributed by atoms with Gasteiger partial charge < -0.3 is 0 Å². The van der Waals surface area contributed by atoms with Crippen molar-refractivity contribution in [2.45, 2.75) is 19.8 Å². The molecule has 3 rings (SSSR count). The van der Waals surface area contributed by atoms with Crippen LogP contribution in [0.5, 0.6) is 0 Å². The molecule has 5 nitrogen and oxygen atoms in total. The molecule has 7 heteroatoms. The highest BCUT2D eigenvalue weighted by Crippen LogP contribution is 2.30. The van der Waals surface area contributed by atoms with Crippen molar-refractivity contribution >= 4 is 28.7 Å². The number of benzene rings is 2. The largest absolute Gasteiger partial charge is 0.298 e. The number of unbranched alkanes of at least 4 members (excludes halogenated alkanes) is 1. The normalized spacial score (nSPS) is 10.6. The maximum Gasteiger partial charge on any atom is 0.263 e.